The minimum Gasteiger partial charge on any atom is -0.306 e. The number of nitrogens with zero attached hydrogens (tertiary/aromatic N) is 4. The van der Waals surface area contributed by atoms with Gasteiger partial charge in [-0.1, -0.05) is 271 Å². The number of carbonyl (C=O) groups is 2. The molecule has 0 aromatic carbocycles. The highest BCUT2D eigenvalue weighted by molar-refractivity contribution is 7.26. The lowest BCUT2D eigenvalue weighted by molar-refractivity contribution is -0.124. The highest BCUT2D eigenvalue weighted by Crippen LogP contribution is 2.51. The zero-order valence-corrected chi connectivity index (χ0v) is 56.4. The molecule has 5 aromatic rings. The second-order valence-electron chi connectivity index (χ2n) is 24.7. The summed E-state index contributed by atoms with van der Waals surface area (Å²) in [6, 6.07) is 13.0. The fraction of sp³-hybridized carbons (Fsp3) is 0.667. The van der Waals surface area contributed by atoms with Crippen molar-refractivity contribution in [2.45, 2.75) is 285 Å². The van der Waals surface area contributed by atoms with E-state index in [1.807, 2.05) is 12.4 Å². The van der Waals surface area contributed by atoms with E-state index in [0.29, 0.717) is 36.1 Å². The lowest BCUT2D eigenvalue weighted by Crippen LogP contribution is -2.34. The highest BCUT2D eigenvalue weighted by atomic mass is 32.1. The van der Waals surface area contributed by atoms with Crippen LogP contribution in [0.2, 0.25) is 0 Å². The van der Waals surface area contributed by atoms with E-state index in [-0.39, 0.29) is 11.8 Å². The van der Waals surface area contributed by atoms with E-state index in [2.05, 4.69) is 84.7 Å². The first-order chi connectivity index (χ1) is 40.9. The van der Waals surface area contributed by atoms with Crippen LogP contribution in [0.1, 0.15) is 294 Å². The molecule has 7 heterocycles. The first-order valence-electron chi connectivity index (χ1n) is 34.2. The van der Waals surface area contributed by atoms with Crippen LogP contribution in [0.5, 0.6) is 0 Å². The summed E-state index contributed by atoms with van der Waals surface area (Å²) in [5, 5.41) is 6.14. The van der Waals surface area contributed by atoms with Crippen LogP contribution < -0.4 is 0 Å². The van der Waals surface area contributed by atoms with Crippen molar-refractivity contribution in [2.75, 3.05) is 13.1 Å². The molecule has 2 amide bonds. The number of rotatable bonds is 49. The third-order valence-corrected chi connectivity index (χ3v) is 23.1. The van der Waals surface area contributed by atoms with Crippen LogP contribution in [0, 0.1) is 11.8 Å². The van der Waals surface area contributed by atoms with Gasteiger partial charge in [-0.3, -0.25) is 9.59 Å². The van der Waals surface area contributed by atoms with E-state index < -0.39 is 0 Å². The Hall–Kier alpha value is -3.22. The van der Waals surface area contributed by atoms with Gasteiger partial charge in [-0.05, 0) is 72.5 Å². The van der Waals surface area contributed by atoms with Crippen molar-refractivity contribution >= 4 is 79.9 Å². The van der Waals surface area contributed by atoms with Gasteiger partial charge < -0.3 is 9.80 Å². The Kier molecular flexibility index (Phi) is 32.1. The van der Waals surface area contributed by atoms with Crippen molar-refractivity contribution in [2.24, 2.45) is 11.8 Å². The Balaban J connectivity index is 1.20. The molecule has 7 rings (SSSR count). The molecule has 0 fully saturated rings. The van der Waals surface area contributed by atoms with E-state index in [4.69, 9.17) is 9.97 Å². The zero-order valence-electron chi connectivity index (χ0n) is 52.3. The van der Waals surface area contributed by atoms with E-state index in [0.717, 1.165) is 66.6 Å². The van der Waals surface area contributed by atoms with Crippen molar-refractivity contribution in [1.82, 2.24) is 19.8 Å². The maximum Gasteiger partial charge on any atom is 0.261 e. The number of aromatic nitrogens is 2. The van der Waals surface area contributed by atoms with Gasteiger partial charge in [0, 0.05) is 35.2 Å². The average Bonchev–Trinajstić information content (AvgIpc) is 3.58. The standard InChI is InChI=1S/C72H108N4O2S5/c1-5-9-13-17-21-25-27-31-35-39-45-57(43-37-33-29-23-19-15-11-7-3)55-75-67(63-53-73-69(82-63)61-48-42-52-80-61)65-66(72(75)78)68(64-54-74-70(83-64)62-50-49-60(81-62)59-47-41-51-79-59)76(71(65)77)56-58(44-38-34-30-24-20-16-12-8-4)46-40-36-32-28-26-22-18-14-10-6-2/h41-42,47-54,57-58H,5-40,43-46,55-56H2,1-4H3. The van der Waals surface area contributed by atoms with Gasteiger partial charge in [-0.25, -0.2) is 9.97 Å². The van der Waals surface area contributed by atoms with Crippen molar-refractivity contribution in [1.29, 1.82) is 0 Å². The van der Waals surface area contributed by atoms with Crippen molar-refractivity contribution < 1.29 is 9.59 Å². The lowest BCUT2D eigenvalue weighted by atomic mass is 9.93. The number of thiophene rings is 3. The van der Waals surface area contributed by atoms with Gasteiger partial charge in [-0.2, -0.15) is 0 Å². The molecular weight excluding hydrogens is 1110 g/mol. The molecular formula is C72H108N4O2S5. The van der Waals surface area contributed by atoms with Gasteiger partial charge in [0.05, 0.1) is 42.0 Å². The number of thiazole rings is 2. The number of unbranched alkanes of at least 4 members (excludes halogenated alkanes) is 32. The minimum atomic E-state index is -0.00343. The molecule has 0 N–H and O–H groups in total. The monoisotopic (exact) mass is 1220 g/mol. The number of carbonyl (C=O) groups excluding carboxylic acids is 2. The minimum absolute atomic E-state index is 0.00343. The lowest BCUT2D eigenvalue weighted by Gasteiger charge is -2.29. The summed E-state index contributed by atoms with van der Waals surface area (Å²) in [6.45, 7) is 10.5. The van der Waals surface area contributed by atoms with Crippen LogP contribution in [0.4, 0.5) is 0 Å². The SMILES string of the molecule is CCCCCCCCCCCCC(CCCCCCCCCC)CN1C(=O)C2=C(c3cnc(-c4ccc(-c5cccs5)s4)s3)N(CC(CCCCCCCCCC)CCCCCCCCCCCC)C(=O)C2=C1c1cnc(-c2cccs2)s1. The van der Waals surface area contributed by atoms with Crippen LogP contribution in [0.15, 0.2) is 70.7 Å². The molecule has 83 heavy (non-hydrogen) atoms. The van der Waals surface area contributed by atoms with Gasteiger partial charge >= 0.3 is 0 Å². The summed E-state index contributed by atoms with van der Waals surface area (Å²) >= 11 is 8.54. The zero-order chi connectivity index (χ0) is 58.1. The molecule has 2 aliphatic heterocycles. The summed E-state index contributed by atoms with van der Waals surface area (Å²) in [7, 11) is 0. The number of hydrogen-bond acceptors (Lipinski definition) is 9. The molecule has 0 radical (unpaired) electrons. The molecule has 0 aliphatic carbocycles. The Morgan fingerprint density at radius 3 is 1.00 bits per heavy atom. The first kappa shape index (κ1) is 67.3. The fourth-order valence-corrected chi connectivity index (χ4v) is 17.5. The van der Waals surface area contributed by atoms with Gasteiger partial charge in [-0.15, -0.1) is 56.7 Å². The molecule has 2 aliphatic rings. The summed E-state index contributed by atoms with van der Waals surface area (Å²) in [5.41, 5.74) is 2.81. The highest BCUT2D eigenvalue weighted by Gasteiger charge is 2.50. The van der Waals surface area contributed by atoms with Crippen LogP contribution in [0.25, 0.3) is 40.9 Å². The Morgan fingerprint density at radius 2 is 0.663 bits per heavy atom. The van der Waals surface area contributed by atoms with Crippen LogP contribution >= 0.6 is 56.7 Å². The molecule has 0 spiro atoms. The first-order valence-corrected chi connectivity index (χ1v) is 38.4. The van der Waals surface area contributed by atoms with Crippen molar-refractivity contribution in [3.05, 3.63) is 80.5 Å². The van der Waals surface area contributed by atoms with Crippen LogP contribution in [-0.4, -0.2) is 44.7 Å². The molecule has 458 valence electrons. The normalized spacial score (nSPS) is 14.4. The maximum absolute atomic E-state index is 16.1. The maximum atomic E-state index is 16.1. The fourth-order valence-electron chi connectivity index (χ4n) is 12.8. The second-order valence-corrected chi connectivity index (χ2v) is 29.7. The largest absolute Gasteiger partial charge is 0.306 e. The van der Waals surface area contributed by atoms with Crippen molar-refractivity contribution in [3.8, 4) is 29.5 Å². The Labute approximate surface area is 524 Å². The van der Waals surface area contributed by atoms with Crippen LogP contribution in [0.3, 0.4) is 0 Å². The molecule has 2 atom stereocenters. The predicted octanol–water partition coefficient (Wildman–Crippen LogP) is 24.5. The van der Waals surface area contributed by atoms with Gasteiger partial charge in [0.2, 0.25) is 0 Å². The molecule has 11 heteroatoms. The topological polar surface area (TPSA) is 66.4 Å². The summed E-state index contributed by atoms with van der Waals surface area (Å²) in [4.78, 5) is 53.1. The number of hydrogen-bond donors (Lipinski definition) is 0. The molecule has 2 unspecified atom stereocenters. The number of fused-ring (bicyclic) bond motifs is 1. The van der Waals surface area contributed by atoms with E-state index in [9.17, 15) is 0 Å². The molecule has 0 bridgehead atoms. The summed E-state index contributed by atoms with van der Waals surface area (Å²) in [5.74, 6) is 0.695. The average molecular weight is 1220 g/mol. The Bertz CT molecular complexity index is 2600. The summed E-state index contributed by atoms with van der Waals surface area (Å²) in [6.07, 6.45) is 55.4. The predicted molar refractivity (Wildman–Crippen MR) is 366 cm³/mol. The summed E-state index contributed by atoms with van der Waals surface area (Å²) < 4.78 is 0. The third kappa shape index (κ3) is 21.9. The number of amides is 2. The van der Waals surface area contributed by atoms with Crippen molar-refractivity contribution in [3.63, 3.8) is 0 Å². The van der Waals surface area contributed by atoms with Gasteiger partial charge in [0.15, 0.2) is 0 Å². The molecule has 0 saturated carbocycles. The van der Waals surface area contributed by atoms with Crippen LogP contribution in [-0.2, 0) is 9.59 Å². The molecule has 0 saturated heterocycles. The smallest absolute Gasteiger partial charge is 0.261 e. The molecule has 5 aromatic heterocycles. The van der Waals surface area contributed by atoms with E-state index in [1.165, 1.54) is 241 Å². The van der Waals surface area contributed by atoms with E-state index in [1.54, 1.807) is 56.7 Å². The second kappa shape index (κ2) is 39.5. The Morgan fingerprint density at radius 1 is 0.349 bits per heavy atom. The molecule has 6 nitrogen and oxygen atoms in total. The quantitative estimate of drug-likeness (QED) is 0.0364. The van der Waals surface area contributed by atoms with Gasteiger partial charge in [0.1, 0.15) is 10.0 Å². The third-order valence-electron chi connectivity index (χ3n) is 17.7. The van der Waals surface area contributed by atoms with E-state index >= 15 is 9.59 Å². The van der Waals surface area contributed by atoms with Gasteiger partial charge in [0.25, 0.3) is 11.8 Å².